The van der Waals surface area contributed by atoms with Gasteiger partial charge in [0.2, 0.25) is 0 Å². The quantitative estimate of drug-likeness (QED) is 0.462. The van der Waals surface area contributed by atoms with Gasteiger partial charge in [0, 0.05) is 12.1 Å². The molecule has 0 saturated carbocycles. The molecule has 0 heterocycles. The smallest absolute Gasteiger partial charge is 0.328 e. The van der Waals surface area contributed by atoms with E-state index in [1.807, 2.05) is 13.8 Å². The Morgan fingerprint density at radius 2 is 1.22 bits per heavy atom. The van der Waals surface area contributed by atoms with Crippen LogP contribution in [0.1, 0.15) is 80.1 Å². The van der Waals surface area contributed by atoms with Crippen LogP contribution < -0.4 is 11.5 Å². The second-order valence-electron chi connectivity index (χ2n) is 7.91. The minimum atomic E-state index is -4.13. The molecule has 0 fully saturated rings. The van der Waals surface area contributed by atoms with E-state index >= 15 is 0 Å². The highest BCUT2D eigenvalue weighted by Crippen LogP contribution is 2.52. The molecule has 6 nitrogen and oxygen atoms in total. The first-order chi connectivity index (χ1) is 10.2. The van der Waals surface area contributed by atoms with Crippen LogP contribution in [0.25, 0.3) is 0 Å². The first-order valence-electron chi connectivity index (χ1n) is 8.50. The fourth-order valence-electron chi connectivity index (χ4n) is 2.43. The molecule has 0 amide bonds. The van der Waals surface area contributed by atoms with Gasteiger partial charge < -0.3 is 16.4 Å². The van der Waals surface area contributed by atoms with Gasteiger partial charge in [-0.15, -0.1) is 0 Å². The van der Waals surface area contributed by atoms with Crippen LogP contribution in [0.4, 0.5) is 0 Å². The summed E-state index contributed by atoms with van der Waals surface area (Å²) >= 11 is 0. The van der Waals surface area contributed by atoms with E-state index in [0.29, 0.717) is 12.8 Å². The molecule has 0 aromatic carbocycles. The summed E-state index contributed by atoms with van der Waals surface area (Å²) < 4.78 is 23.1. The van der Waals surface area contributed by atoms with Crippen molar-refractivity contribution in [2.45, 2.75) is 103 Å². The number of phosphoric acid groups is 1. The summed E-state index contributed by atoms with van der Waals surface area (Å²) in [6, 6.07) is 0.235. The predicted octanol–water partition coefficient (Wildman–Crippen LogP) is 3.71. The Hall–Kier alpha value is 0.0300. The van der Waals surface area contributed by atoms with E-state index in [1.54, 1.807) is 27.7 Å². The van der Waals surface area contributed by atoms with Crippen LogP contribution in [-0.2, 0) is 13.6 Å². The summed E-state index contributed by atoms with van der Waals surface area (Å²) in [4.78, 5) is 10.1. The highest BCUT2D eigenvalue weighted by molar-refractivity contribution is 7.47. The summed E-state index contributed by atoms with van der Waals surface area (Å²) in [7, 11) is -4.13. The van der Waals surface area contributed by atoms with E-state index in [1.165, 1.54) is 0 Å². The van der Waals surface area contributed by atoms with E-state index in [9.17, 15) is 9.46 Å². The van der Waals surface area contributed by atoms with Crippen molar-refractivity contribution in [2.24, 2.45) is 11.5 Å². The topological polar surface area (TPSA) is 108 Å². The molecule has 0 radical (unpaired) electrons. The van der Waals surface area contributed by atoms with Crippen LogP contribution in [0.2, 0.25) is 0 Å². The van der Waals surface area contributed by atoms with Crippen LogP contribution in [0, 0.1) is 0 Å². The van der Waals surface area contributed by atoms with E-state index in [-0.39, 0.29) is 12.1 Å². The maximum Gasteiger partial charge on any atom is 0.473 e. The third-order valence-electron chi connectivity index (χ3n) is 3.60. The minimum absolute atomic E-state index is 0.117. The normalized spacial score (nSPS) is 18.5. The Bertz CT molecular complexity index is 352. The lowest BCUT2D eigenvalue weighted by Crippen LogP contribution is -2.29. The molecule has 0 aromatic rings. The Labute approximate surface area is 141 Å². The lowest BCUT2D eigenvalue weighted by molar-refractivity contribution is -0.00448. The first kappa shape index (κ1) is 23.0. The van der Waals surface area contributed by atoms with Gasteiger partial charge in [-0.1, -0.05) is 0 Å². The Balaban J connectivity index is 4.46. The van der Waals surface area contributed by atoms with Crippen molar-refractivity contribution >= 4 is 7.82 Å². The molecule has 5 N–H and O–H groups in total. The molecular formula is C16H37N2O4P. The zero-order valence-corrected chi connectivity index (χ0v) is 16.6. The Morgan fingerprint density at radius 3 is 1.48 bits per heavy atom. The molecule has 0 saturated heterocycles. The average molecular weight is 352 g/mol. The zero-order valence-electron chi connectivity index (χ0n) is 15.7. The van der Waals surface area contributed by atoms with Crippen LogP contribution in [-0.4, -0.2) is 28.2 Å². The van der Waals surface area contributed by atoms with Gasteiger partial charge in [0.05, 0.1) is 11.2 Å². The van der Waals surface area contributed by atoms with Crippen molar-refractivity contribution in [1.82, 2.24) is 0 Å². The summed E-state index contributed by atoms with van der Waals surface area (Å²) in [6.07, 6.45) is 4.67. The number of rotatable bonds is 12. The highest BCUT2D eigenvalue weighted by Gasteiger charge is 2.37. The number of hydrogen-bond acceptors (Lipinski definition) is 5. The second kappa shape index (κ2) is 9.50. The lowest BCUT2D eigenvalue weighted by atomic mass is 10.00. The van der Waals surface area contributed by atoms with Crippen molar-refractivity contribution < 1.29 is 18.5 Å². The summed E-state index contributed by atoms with van der Waals surface area (Å²) in [6.45, 7) is 11.1. The molecule has 0 aliphatic heterocycles. The number of phosphoric ester groups is 1. The van der Waals surface area contributed by atoms with Crippen molar-refractivity contribution in [3.8, 4) is 0 Å². The monoisotopic (exact) mass is 352 g/mol. The molecule has 7 heteroatoms. The predicted molar refractivity (Wildman–Crippen MR) is 95.2 cm³/mol. The molecule has 0 spiro atoms. The molecule has 2 unspecified atom stereocenters. The maximum absolute atomic E-state index is 12.3. The van der Waals surface area contributed by atoms with Gasteiger partial charge >= 0.3 is 7.82 Å². The molecule has 2 atom stereocenters. The fourth-order valence-corrected chi connectivity index (χ4v) is 3.90. The molecule has 0 rings (SSSR count). The average Bonchev–Trinajstić information content (AvgIpc) is 2.22. The maximum atomic E-state index is 12.3. The minimum Gasteiger partial charge on any atom is -0.328 e. The molecule has 0 aromatic heterocycles. The van der Waals surface area contributed by atoms with Gasteiger partial charge in [-0.3, -0.25) is 9.05 Å². The zero-order chi connectivity index (χ0) is 18.3. The van der Waals surface area contributed by atoms with Gasteiger partial charge in [0.15, 0.2) is 0 Å². The number of nitrogens with two attached hydrogens (primary N) is 2. The summed E-state index contributed by atoms with van der Waals surface area (Å²) in [5.74, 6) is 0. The molecule has 0 aliphatic carbocycles. The second-order valence-corrected chi connectivity index (χ2v) is 9.21. The summed E-state index contributed by atoms with van der Waals surface area (Å²) in [5, 5.41) is 0. The first-order valence-corrected chi connectivity index (χ1v) is 10.00. The van der Waals surface area contributed by atoms with E-state index in [4.69, 9.17) is 20.5 Å². The van der Waals surface area contributed by atoms with Crippen LogP contribution in [0.5, 0.6) is 0 Å². The number of hydrogen-bond donors (Lipinski definition) is 3. The molecule has 23 heavy (non-hydrogen) atoms. The standard InChI is InChI=1S/C16H37N2O4P/c1-13(17)9-7-11-15(3,4)21-23(19,20)22-16(5,6)12-8-10-14(2)18/h13-14H,7-12,17-18H2,1-6H3,(H,19,20). The Kier molecular flexibility index (Phi) is 9.51. The molecule has 140 valence electrons. The van der Waals surface area contributed by atoms with Crippen LogP contribution >= 0.6 is 7.82 Å². The van der Waals surface area contributed by atoms with Crippen LogP contribution in [0.15, 0.2) is 0 Å². The largest absolute Gasteiger partial charge is 0.473 e. The lowest BCUT2D eigenvalue weighted by Gasteiger charge is -2.32. The van der Waals surface area contributed by atoms with Gasteiger partial charge in [0.1, 0.15) is 0 Å². The van der Waals surface area contributed by atoms with Crippen molar-refractivity contribution in [1.29, 1.82) is 0 Å². The van der Waals surface area contributed by atoms with E-state index in [0.717, 1.165) is 25.7 Å². The molecule has 0 aliphatic rings. The third kappa shape index (κ3) is 13.0. The SMILES string of the molecule is CC(N)CCCC(C)(C)OP(=O)(O)OC(C)(C)CCCC(C)N. The van der Waals surface area contributed by atoms with Crippen LogP contribution in [0.3, 0.4) is 0 Å². The third-order valence-corrected chi connectivity index (χ3v) is 5.05. The van der Waals surface area contributed by atoms with Crippen molar-refractivity contribution in [3.63, 3.8) is 0 Å². The Morgan fingerprint density at radius 1 is 0.913 bits per heavy atom. The highest BCUT2D eigenvalue weighted by atomic mass is 31.2. The van der Waals surface area contributed by atoms with Gasteiger partial charge in [0.25, 0.3) is 0 Å². The van der Waals surface area contributed by atoms with Crippen molar-refractivity contribution in [2.75, 3.05) is 0 Å². The molecule has 0 bridgehead atoms. The van der Waals surface area contributed by atoms with E-state index < -0.39 is 19.0 Å². The van der Waals surface area contributed by atoms with Gasteiger partial charge in [-0.2, -0.15) is 0 Å². The fraction of sp³-hybridized carbons (Fsp3) is 1.00. The summed E-state index contributed by atoms with van der Waals surface area (Å²) in [5.41, 5.74) is 9.97. The van der Waals surface area contributed by atoms with Gasteiger partial charge in [-0.25, -0.2) is 4.57 Å². The van der Waals surface area contributed by atoms with Crippen molar-refractivity contribution in [3.05, 3.63) is 0 Å². The van der Waals surface area contributed by atoms with Gasteiger partial charge in [-0.05, 0) is 80.1 Å². The van der Waals surface area contributed by atoms with E-state index in [2.05, 4.69) is 0 Å². The molecular weight excluding hydrogens is 315 g/mol.